The molecular weight excluding hydrogens is 244 g/mol. The molecule has 2 aromatic heterocycles. The molecule has 0 saturated heterocycles. The summed E-state index contributed by atoms with van der Waals surface area (Å²) in [5.41, 5.74) is 2.06. The number of hydrogen-bond acceptors (Lipinski definition) is 5. The van der Waals surface area contributed by atoms with E-state index >= 15 is 0 Å². The number of aryl methyl sites for hydroxylation is 2. The maximum Gasteiger partial charge on any atom is 0.273 e. The average molecular weight is 260 g/mol. The molecule has 1 amide bonds. The van der Waals surface area contributed by atoms with Crippen LogP contribution in [0.2, 0.25) is 0 Å². The zero-order valence-corrected chi connectivity index (χ0v) is 11.4. The summed E-state index contributed by atoms with van der Waals surface area (Å²) in [6.07, 6.45) is 1.86. The van der Waals surface area contributed by atoms with Crippen LogP contribution in [0.15, 0.2) is 18.3 Å². The Morgan fingerprint density at radius 1 is 1.32 bits per heavy atom. The number of aromatic nitrogens is 4. The Bertz CT molecular complexity index is 587. The zero-order valence-electron chi connectivity index (χ0n) is 11.4. The van der Waals surface area contributed by atoms with Gasteiger partial charge in [0.2, 0.25) is 0 Å². The van der Waals surface area contributed by atoms with Crippen LogP contribution in [-0.4, -0.2) is 44.9 Å². The van der Waals surface area contributed by atoms with Crippen LogP contribution in [0.3, 0.4) is 0 Å². The van der Waals surface area contributed by atoms with Crippen molar-refractivity contribution in [2.75, 3.05) is 19.4 Å². The third-order valence-corrected chi connectivity index (χ3v) is 2.57. The minimum Gasteiger partial charge on any atom is -0.343 e. The van der Waals surface area contributed by atoms with Gasteiger partial charge in [0.15, 0.2) is 11.5 Å². The summed E-state index contributed by atoms with van der Waals surface area (Å²) in [5.74, 6) is 0.406. The molecule has 2 rings (SSSR count). The van der Waals surface area contributed by atoms with Crippen LogP contribution in [0, 0.1) is 6.92 Å². The van der Waals surface area contributed by atoms with E-state index in [9.17, 15) is 4.79 Å². The van der Waals surface area contributed by atoms with Gasteiger partial charge in [0.25, 0.3) is 5.91 Å². The van der Waals surface area contributed by atoms with Crippen molar-refractivity contribution in [2.45, 2.75) is 6.92 Å². The van der Waals surface area contributed by atoms with Gasteiger partial charge in [0.05, 0.1) is 11.4 Å². The molecule has 0 unspecified atom stereocenters. The van der Waals surface area contributed by atoms with Crippen LogP contribution in [0.4, 0.5) is 11.5 Å². The first-order chi connectivity index (χ1) is 8.97. The number of carbonyl (C=O) groups excluding carboxylic acids is 1. The lowest BCUT2D eigenvalue weighted by Crippen LogP contribution is -2.23. The van der Waals surface area contributed by atoms with Gasteiger partial charge in [0.1, 0.15) is 0 Å². The normalized spacial score (nSPS) is 10.3. The van der Waals surface area contributed by atoms with Crippen molar-refractivity contribution in [3.05, 3.63) is 29.7 Å². The Kier molecular flexibility index (Phi) is 3.46. The molecular formula is C12H16N6O. The van der Waals surface area contributed by atoms with E-state index in [-0.39, 0.29) is 5.91 Å². The van der Waals surface area contributed by atoms with Gasteiger partial charge in [-0.1, -0.05) is 0 Å². The highest BCUT2D eigenvalue weighted by Gasteiger charge is 2.10. The number of carbonyl (C=O) groups is 1. The van der Waals surface area contributed by atoms with Crippen LogP contribution >= 0.6 is 0 Å². The first-order valence-corrected chi connectivity index (χ1v) is 5.80. The highest BCUT2D eigenvalue weighted by atomic mass is 16.2. The number of nitrogens with zero attached hydrogens (tertiary/aromatic N) is 5. The molecule has 0 aromatic carbocycles. The van der Waals surface area contributed by atoms with Crippen molar-refractivity contribution in [3.63, 3.8) is 0 Å². The Labute approximate surface area is 111 Å². The quantitative estimate of drug-likeness (QED) is 0.889. The molecule has 0 aliphatic carbocycles. The van der Waals surface area contributed by atoms with Crippen molar-refractivity contribution in [1.82, 2.24) is 24.9 Å². The second-order valence-electron chi connectivity index (χ2n) is 4.43. The molecule has 2 heterocycles. The van der Waals surface area contributed by atoms with Gasteiger partial charge in [-0.05, 0) is 19.1 Å². The molecule has 1 N–H and O–H groups in total. The van der Waals surface area contributed by atoms with Gasteiger partial charge < -0.3 is 10.2 Å². The van der Waals surface area contributed by atoms with Gasteiger partial charge in [-0.15, -0.1) is 10.2 Å². The second kappa shape index (κ2) is 5.05. The highest BCUT2D eigenvalue weighted by Crippen LogP contribution is 2.16. The average Bonchev–Trinajstić information content (AvgIpc) is 2.68. The second-order valence-corrected chi connectivity index (χ2v) is 4.43. The van der Waals surface area contributed by atoms with E-state index in [0.717, 1.165) is 11.4 Å². The first-order valence-electron chi connectivity index (χ1n) is 5.80. The fraction of sp³-hybridized carbons (Fsp3) is 0.333. The molecule has 7 nitrogen and oxygen atoms in total. The fourth-order valence-electron chi connectivity index (χ4n) is 1.60. The summed E-state index contributed by atoms with van der Waals surface area (Å²) < 4.78 is 1.72. The third-order valence-electron chi connectivity index (χ3n) is 2.57. The maximum atomic E-state index is 11.7. The molecule has 2 aromatic rings. The lowest BCUT2D eigenvalue weighted by molar-refractivity contribution is 0.0821. The van der Waals surface area contributed by atoms with Crippen LogP contribution in [-0.2, 0) is 7.05 Å². The van der Waals surface area contributed by atoms with Gasteiger partial charge in [-0.3, -0.25) is 9.48 Å². The summed E-state index contributed by atoms with van der Waals surface area (Å²) in [6.45, 7) is 1.90. The van der Waals surface area contributed by atoms with Crippen molar-refractivity contribution in [2.24, 2.45) is 7.05 Å². The van der Waals surface area contributed by atoms with Crippen molar-refractivity contribution >= 4 is 17.4 Å². The molecule has 19 heavy (non-hydrogen) atoms. The molecule has 0 spiro atoms. The molecule has 100 valence electrons. The fourth-order valence-corrected chi connectivity index (χ4v) is 1.60. The van der Waals surface area contributed by atoms with Crippen molar-refractivity contribution in [3.8, 4) is 0 Å². The summed E-state index contributed by atoms with van der Waals surface area (Å²) in [4.78, 5) is 13.1. The molecule has 0 aliphatic heterocycles. The van der Waals surface area contributed by atoms with Crippen molar-refractivity contribution < 1.29 is 4.79 Å². The topological polar surface area (TPSA) is 75.9 Å². The maximum absolute atomic E-state index is 11.7. The molecule has 0 aliphatic rings. The standard InChI is InChI=1S/C12H16N6O/c1-8-10(7-18(4)16-8)13-11-6-5-9(14-15-11)12(19)17(2)3/h5-7H,1-4H3,(H,13,15). The van der Waals surface area contributed by atoms with Crippen LogP contribution in [0.5, 0.6) is 0 Å². The van der Waals surface area contributed by atoms with Crippen LogP contribution in [0.1, 0.15) is 16.2 Å². The highest BCUT2D eigenvalue weighted by molar-refractivity contribution is 5.91. The van der Waals surface area contributed by atoms with Crippen molar-refractivity contribution in [1.29, 1.82) is 0 Å². The Hall–Kier alpha value is -2.44. The first kappa shape index (κ1) is 13.0. The van der Waals surface area contributed by atoms with E-state index in [2.05, 4.69) is 20.6 Å². The SMILES string of the molecule is Cc1nn(C)cc1Nc1ccc(C(=O)N(C)C)nn1. The van der Waals surface area contributed by atoms with E-state index in [1.165, 1.54) is 4.90 Å². The minimum absolute atomic E-state index is 0.170. The Balaban J connectivity index is 2.15. The summed E-state index contributed by atoms with van der Waals surface area (Å²) in [6, 6.07) is 3.36. The van der Waals surface area contributed by atoms with E-state index < -0.39 is 0 Å². The zero-order chi connectivity index (χ0) is 14.0. The number of anilines is 2. The predicted octanol–water partition coefficient (Wildman–Crippen LogP) is 0.964. The van der Waals surface area contributed by atoms with Crippen LogP contribution < -0.4 is 5.32 Å². The lowest BCUT2D eigenvalue weighted by atomic mass is 10.3. The number of hydrogen-bond donors (Lipinski definition) is 1. The van der Waals surface area contributed by atoms with Gasteiger partial charge >= 0.3 is 0 Å². The van der Waals surface area contributed by atoms with Crippen LogP contribution in [0.25, 0.3) is 0 Å². The van der Waals surface area contributed by atoms with E-state index in [0.29, 0.717) is 11.5 Å². The minimum atomic E-state index is -0.170. The third kappa shape index (κ3) is 2.87. The molecule has 0 radical (unpaired) electrons. The molecule has 0 bridgehead atoms. The van der Waals surface area contributed by atoms with Gasteiger partial charge in [-0.25, -0.2) is 0 Å². The van der Waals surface area contributed by atoms with E-state index in [4.69, 9.17) is 0 Å². The van der Waals surface area contributed by atoms with Gasteiger partial charge in [0, 0.05) is 27.3 Å². The number of nitrogens with one attached hydrogen (secondary N) is 1. The molecule has 0 atom stereocenters. The summed E-state index contributed by atoms with van der Waals surface area (Å²) in [5, 5.41) is 15.2. The van der Waals surface area contributed by atoms with Gasteiger partial charge in [-0.2, -0.15) is 5.10 Å². The summed E-state index contributed by atoms with van der Waals surface area (Å²) >= 11 is 0. The number of amides is 1. The molecule has 0 saturated carbocycles. The lowest BCUT2D eigenvalue weighted by Gasteiger charge is -2.09. The molecule has 7 heteroatoms. The van der Waals surface area contributed by atoms with E-state index in [1.807, 2.05) is 20.2 Å². The van der Waals surface area contributed by atoms with E-state index in [1.54, 1.807) is 30.9 Å². The Morgan fingerprint density at radius 2 is 2.05 bits per heavy atom. The smallest absolute Gasteiger partial charge is 0.273 e. The monoisotopic (exact) mass is 260 g/mol. The predicted molar refractivity (Wildman–Crippen MR) is 71.3 cm³/mol. The Morgan fingerprint density at radius 3 is 2.53 bits per heavy atom. The number of rotatable bonds is 3. The summed E-state index contributed by atoms with van der Waals surface area (Å²) in [7, 11) is 5.20. The molecule has 0 fully saturated rings. The largest absolute Gasteiger partial charge is 0.343 e.